The fourth-order valence-corrected chi connectivity index (χ4v) is 2.58. The van der Waals surface area contributed by atoms with Crippen LogP contribution in [0.5, 0.6) is 0 Å². The van der Waals surface area contributed by atoms with Crippen molar-refractivity contribution in [3.63, 3.8) is 0 Å². The van der Waals surface area contributed by atoms with E-state index in [-0.39, 0.29) is 0 Å². The first-order chi connectivity index (χ1) is 10.2. The van der Waals surface area contributed by atoms with E-state index in [2.05, 4.69) is 80.7 Å². The summed E-state index contributed by atoms with van der Waals surface area (Å²) in [6.07, 6.45) is 3.39. The molecule has 0 aliphatic carbocycles. The third-order valence-corrected chi connectivity index (χ3v) is 4.28. The van der Waals surface area contributed by atoms with Crippen molar-refractivity contribution >= 4 is 5.69 Å². The Labute approximate surface area is 129 Å². The molecule has 2 unspecified atom stereocenters. The predicted octanol–water partition coefficient (Wildman–Crippen LogP) is 5.63. The average molecular weight is 281 g/mol. The molecule has 0 aliphatic rings. The largest absolute Gasteiger partial charge is 0.382 e. The fraction of sp³-hybridized carbons (Fsp3) is 0.400. The van der Waals surface area contributed by atoms with Gasteiger partial charge in [0, 0.05) is 11.7 Å². The molecule has 2 aromatic rings. The molecule has 112 valence electrons. The first-order valence-corrected chi connectivity index (χ1v) is 8.13. The lowest BCUT2D eigenvalue weighted by Crippen LogP contribution is -2.21. The minimum Gasteiger partial charge on any atom is -0.382 e. The van der Waals surface area contributed by atoms with Crippen molar-refractivity contribution in [3.05, 3.63) is 65.7 Å². The number of nitrogens with one attached hydrogen (secondary N) is 1. The first kappa shape index (κ1) is 15.6. The van der Waals surface area contributed by atoms with Gasteiger partial charge < -0.3 is 5.32 Å². The molecule has 2 rings (SSSR count). The SMILES string of the molecule is CCC(Cc1ccccc1)Nc1ccc(C(C)CC)cc1. The lowest BCUT2D eigenvalue weighted by molar-refractivity contribution is 0.690. The molecule has 0 bridgehead atoms. The number of rotatable bonds is 7. The normalized spacial score (nSPS) is 13.7. The van der Waals surface area contributed by atoms with Gasteiger partial charge in [-0.25, -0.2) is 0 Å². The van der Waals surface area contributed by atoms with Crippen molar-refractivity contribution in [1.82, 2.24) is 0 Å². The van der Waals surface area contributed by atoms with Crippen LogP contribution < -0.4 is 5.32 Å². The highest BCUT2D eigenvalue weighted by molar-refractivity contribution is 5.46. The van der Waals surface area contributed by atoms with Crippen LogP contribution in [-0.2, 0) is 6.42 Å². The van der Waals surface area contributed by atoms with Crippen molar-refractivity contribution in [2.24, 2.45) is 0 Å². The molecular weight excluding hydrogens is 254 g/mol. The summed E-state index contributed by atoms with van der Waals surface area (Å²) in [5.41, 5.74) is 4.05. The van der Waals surface area contributed by atoms with Crippen LogP contribution in [0.1, 0.15) is 50.7 Å². The summed E-state index contributed by atoms with van der Waals surface area (Å²) in [7, 11) is 0. The van der Waals surface area contributed by atoms with E-state index in [4.69, 9.17) is 0 Å². The lowest BCUT2D eigenvalue weighted by Gasteiger charge is -2.19. The molecule has 0 radical (unpaired) electrons. The van der Waals surface area contributed by atoms with E-state index in [1.165, 1.54) is 23.2 Å². The molecule has 0 amide bonds. The Balaban J connectivity index is 1.98. The molecule has 1 nitrogen and oxygen atoms in total. The molecule has 21 heavy (non-hydrogen) atoms. The molecule has 0 fully saturated rings. The Bertz CT molecular complexity index is 515. The van der Waals surface area contributed by atoms with E-state index in [1.54, 1.807) is 0 Å². The lowest BCUT2D eigenvalue weighted by atomic mass is 9.98. The van der Waals surface area contributed by atoms with Crippen LogP contribution >= 0.6 is 0 Å². The van der Waals surface area contributed by atoms with Crippen LogP contribution in [-0.4, -0.2) is 6.04 Å². The van der Waals surface area contributed by atoms with Crippen LogP contribution in [0.2, 0.25) is 0 Å². The van der Waals surface area contributed by atoms with E-state index < -0.39 is 0 Å². The molecule has 0 aliphatic heterocycles. The minimum atomic E-state index is 0.488. The van der Waals surface area contributed by atoms with Gasteiger partial charge >= 0.3 is 0 Å². The van der Waals surface area contributed by atoms with Gasteiger partial charge in [-0.2, -0.15) is 0 Å². The molecule has 0 heterocycles. The second kappa shape index (κ2) is 7.87. The molecule has 0 saturated heterocycles. The monoisotopic (exact) mass is 281 g/mol. The maximum Gasteiger partial charge on any atom is 0.0342 e. The van der Waals surface area contributed by atoms with Crippen molar-refractivity contribution in [1.29, 1.82) is 0 Å². The van der Waals surface area contributed by atoms with Gasteiger partial charge in [0.1, 0.15) is 0 Å². The van der Waals surface area contributed by atoms with Crippen molar-refractivity contribution < 1.29 is 0 Å². The molecule has 0 spiro atoms. The summed E-state index contributed by atoms with van der Waals surface area (Å²) in [6.45, 7) is 6.77. The summed E-state index contributed by atoms with van der Waals surface area (Å²) >= 11 is 0. The number of hydrogen-bond acceptors (Lipinski definition) is 1. The van der Waals surface area contributed by atoms with E-state index in [0.29, 0.717) is 12.0 Å². The Kier molecular flexibility index (Phi) is 5.86. The van der Waals surface area contributed by atoms with Crippen LogP contribution in [0.15, 0.2) is 54.6 Å². The molecule has 1 heteroatoms. The van der Waals surface area contributed by atoms with Gasteiger partial charge in [0.25, 0.3) is 0 Å². The zero-order valence-corrected chi connectivity index (χ0v) is 13.5. The highest BCUT2D eigenvalue weighted by Gasteiger charge is 2.08. The maximum atomic E-state index is 3.66. The minimum absolute atomic E-state index is 0.488. The summed E-state index contributed by atoms with van der Waals surface area (Å²) in [4.78, 5) is 0. The Hall–Kier alpha value is -1.76. The van der Waals surface area contributed by atoms with E-state index >= 15 is 0 Å². The topological polar surface area (TPSA) is 12.0 Å². The summed E-state index contributed by atoms with van der Waals surface area (Å²) < 4.78 is 0. The van der Waals surface area contributed by atoms with E-state index in [0.717, 1.165) is 12.8 Å². The third-order valence-electron chi connectivity index (χ3n) is 4.28. The molecular formula is C20H27N. The van der Waals surface area contributed by atoms with Gasteiger partial charge in [-0.15, -0.1) is 0 Å². The standard InChI is InChI=1S/C20H27N/c1-4-16(3)18-11-13-20(14-12-18)21-19(5-2)15-17-9-7-6-8-10-17/h6-14,16,19,21H,4-5,15H2,1-3H3. The Morgan fingerprint density at radius 1 is 0.857 bits per heavy atom. The molecule has 2 aromatic carbocycles. The Morgan fingerprint density at radius 2 is 1.52 bits per heavy atom. The highest BCUT2D eigenvalue weighted by atomic mass is 14.9. The Morgan fingerprint density at radius 3 is 2.10 bits per heavy atom. The number of anilines is 1. The maximum absolute atomic E-state index is 3.66. The number of hydrogen-bond donors (Lipinski definition) is 1. The highest BCUT2D eigenvalue weighted by Crippen LogP contribution is 2.21. The molecule has 1 N–H and O–H groups in total. The summed E-state index contributed by atoms with van der Waals surface area (Å²) in [5.74, 6) is 0.644. The zero-order chi connectivity index (χ0) is 15.1. The van der Waals surface area contributed by atoms with Crippen molar-refractivity contribution in [3.8, 4) is 0 Å². The van der Waals surface area contributed by atoms with Gasteiger partial charge in [0.2, 0.25) is 0 Å². The van der Waals surface area contributed by atoms with Gasteiger partial charge in [0.05, 0.1) is 0 Å². The quantitative estimate of drug-likeness (QED) is 0.693. The zero-order valence-electron chi connectivity index (χ0n) is 13.5. The average Bonchev–Trinajstić information content (AvgIpc) is 2.55. The predicted molar refractivity (Wildman–Crippen MR) is 93.0 cm³/mol. The summed E-state index contributed by atoms with van der Waals surface area (Å²) in [6, 6.07) is 20.1. The van der Waals surface area contributed by atoms with Gasteiger partial charge in [-0.3, -0.25) is 0 Å². The fourth-order valence-electron chi connectivity index (χ4n) is 2.58. The number of benzene rings is 2. The van der Waals surface area contributed by atoms with Crippen LogP contribution in [0.4, 0.5) is 5.69 Å². The third kappa shape index (κ3) is 4.63. The van der Waals surface area contributed by atoms with Gasteiger partial charge in [-0.1, -0.05) is 63.2 Å². The first-order valence-electron chi connectivity index (χ1n) is 8.13. The summed E-state index contributed by atoms with van der Waals surface area (Å²) in [5, 5.41) is 3.66. The smallest absolute Gasteiger partial charge is 0.0342 e. The van der Waals surface area contributed by atoms with Crippen LogP contribution in [0.25, 0.3) is 0 Å². The second-order valence-electron chi connectivity index (χ2n) is 5.87. The van der Waals surface area contributed by atoms with Crippen molar-refractivity contribution in [2.75, 3.05) is 5.32 Å². The van der Waals surface area contributed by atoms with Gasteiger partial charge in [0.15, 0.2) is 0 Å². The van der Waals surface area contributed by atoms with Crippen LogP contribution in [0.3, 0.4) is 0 Å². The van der Waals surface area contributed by atoms with E-state index in [9.17, 15) is 0 Å². The molecule has 2 atom stereocenters. The van der Waals surface area contributed by atoms with Crippen LogP contribution in [0, 0.1) is 0 Å². The van der Waals surface area contributed by atoms with Crippen molar-refractivity contribution in [2.45, 2.75) is 52.0 Å². The van der Waals surface area contributed by atoms with Gasteiger partial charge in [-0.05, 0) is 48.4 Å². The second-order valence-corrected chi connectivity index (χ2v) is 5.87. The molecule has 0 aromatic heterocycles. The molecule has 0 saturated carbocycles. The van der Waals surface area contributed by atoms with E-state index in [1.807, 2.05) is 0 Å².